The van der Waals surface area contributed by atoms with Crippen molar-refractivity contribution in [2.24, 2.45) is 5.92 Å². The molecule has 0 fully saturated rings. The Kier molecular flexibility index (Phi) is 10.4. The molecule has 0 spiro atoms. The van der Waals surface area contributed by atoms with Crippen LogP contribution in [-0.2, 0) is 26.2 Å². The minimum absolute atomic E-state index is 0.0000114. The summed E-state index contributed by atoms with van der Waals surface area (Å²) in [6, 6.07) is 19.2. The molecule has 3 aromatic rings. The van der Waals surface area contributed by atoms with E-state index in [0.29, 0.717) is 6.54 Å². The van der Waals surface area contributed by atoms with Gasteiger partial charge in [0.2, 0.25) is 11.8 Å². The van der Waals surface area contributed by atoms with Gasteiger partial charge in [0.1, 0.15) is 12.6 Å². The molecule has 39 heavy (non-hydrogen) atoms. The van der Waals surface area contributed by atoms with Gasteiger partial charge in [0, 0.05) is 13.1 Å². The highest BCUT2D eigenvalue weighted by Crippen LogP contribution is 2.35. The molecule has 0 radical (unpaired) electrons. The molecule has 1 N–H and O–H groups in total. The minimum Gasteiger partial charge on any atom is -0.354 e. The van der Waals surface area contributed by atoms with Crippen LogP contribution in [0, 0.1) is 12.8 Å². The first-order valence-electron chi connectivity index (χ1n) is 12.6. The van der Waals surface area contributed by atoms with Gasteiger partial charge in [-0.05, 0) is 49.6 Å². The van der Waals surface area contributed by atoms with Crippen LogP contribution in [0.25, 0.3) is 0 Å². The second-order valence-electron chi connectivity index (χ2n) is 9.72. The monoisotopic (exact) mass is 589 g/mol. The number of anilines is 1. The molecule has 3 aromatic carbocycles. The number of amides is 2. The fourth-order valence-electron chi connectivity index (χ4n) is 3.85. The van der Waals surface area contributed by atoms with E-state index < -0.39 is 28.5 Å². The number of nitrogens with one attached hydrogen (secondary N) is 1. The number of aryl methyl sites for hydroxylation is 1. The van der Waals surface area contributed by atoms with Gasteiger partial charge in [0.05, 0.1) is 20.6 Å². The summed E-state index contributed by atoms with van der Waals surface area (Å²) in [4.78, 5) is 28.3. The summed E-state index contributed by atoms with van der Waals surface area (Å²) in [5, 5.41) is 3.01. The van der Waals surface area contributed by atoms with E-state index in [0.717, 1.165) is 15.4 Å². The molecular formula is C29H33Cl2N3O4S. The van der Waals surface area contributed by atoms with Crippen molar-refractivity contribution in [3.8, 4) is 0 Å². The second-order valence-corrected chi connectivity index (χ2v) is 12.4. The average molecular weight is 591 g/mol. The zero-order valence-electron chi connectivity index (χ0n) is 22.4. The Bertz CT molecular complexity index is 1400. The van der Waals surface area contributed by atoms with Gasteiger partial charge in [0.25, 0.3) is 10.0 Å². The lowest BCUT2D eigenvalue weighted by Crippen LogP contribution is -2.51. The van der Waals surface area contributed by atoms with Crippen LogP contribution in [0.3, 0.4) is 0 Å². The Balaban J connectivity index is 2.04. The molecule has 0 aliphatic rings. The number of carbonyl (C=O) groups excluding carboxylic acids is 2. The van der Waals surface area contributed by atoms with Crippen LogP contribution in [0.2, 0.25) is 10.0 Å². The maximum Gasteiger partial charge on any atom is 0.264 e. The molecule has 208 valence electrons. The SMILES string of the molecule is Cc1ccc(S(=O)(=O)N(CC(=O)N(Cc2ccccc2)[C@@H](C)C(=O)NCC(C)C)c2cccc(Cl)c2Cl)cc1. The molecular weight excluding hydrogens is 557 g/mol. The van der Waals surface area contributed by atoms with Gasteiger partial charge in [-0.1, -0.05) is 91.1 Å². The van der Waals surface area contributed by atoms with Crippen LogP contribution in [-0.4, -0.2) is 44.3 Å². The fraction of sp³-hybridized carbons (Fsp3) is 0.310. The summed E-state index contributed by atoms with van der Waals surface area (Å²) in [5.74, 6) is -0.681. The zero-order valence-corrected chi connectivity index (χ0v) is 24.7. The van der Waals surface area contributed by atoms with Gasteiger partial charge < -0.3 is 10.2 Å². The molecule has 10 heteroatoms. The van der Waals surface area contributed by atoms with Gasteiger partial charge in [-0.2, -0.15) is 0 Å². The zero-order chi connectivity index (χ0) is 28.7. The molecule has 0 heterocycles. The highest BCUT2D eigenvalue weighted by molar-refractivity contribution is 7.92. The number of rotatable bonds is 11. The summed E-state index contributed by atoms with van der Waals surface area (Å²) in [5.41, 5.74) is 1.74. The molecule has 1 atom stereocenters. The number of carbonyl (C=O) groups is 2. The van der Waals surface area contributed by atoms with E-state index >= 15 is 0 Å². The molecule has 7 nitrogen and oxygen atoms in total. The molecule has 0 unspecified atom stereocenters. The van der Waals surface area contributed by atoms with Crippen LogP contribution in [0.4, 0.5) is 5.69 Å². The molecule has 2 amide bonds. The van der Waals surface area contributed by atoms with Crippen molar-refractivity contribution in [3.63, 3.8) is 0 Å². The van der Waals surface area contributed by atoms with Gasteiger partial charge >= 0.3 is 0 Å². The first-order chi connectivity index (χ1) is 18.4. The second kappa shape index (κ2) is 13.3. The molecule has 0 saturated heterocycles. The van der Waals surface area contributed by atoms with E-state index in [-0.39, 0.29) is 39.0 Å². The standard InChI is InChI=1S/C29H33Cl2N3O4S/c1-20(2)17-32-29(36)22(4)33(18-23-9-6-5-7-10-23)27(35)19-34(26-12-8-11-25(30)28(26)31)39(37,38)24-15-13-21(3)14-16-24/h5-16,20,22H,17-19H2,1-4H3,(H,32,36)/t22-/m0/s1. The molecule has 0 bridgehead atoms. The maximum absolute atomic E-state index is 13.9. The minimum atomic E-state index is -4.24. The lowest BCUT2D eigenvalue weighted by molar-refractivity contribution is -0.139. The predicted molar refractivity (Wildman–Crippen MR) is 156 cm³/mol. The highest BCUT2D eigenvalue weighted by Gasteiger charge is 2.33. The lowest BCUT2D eigenvalue weighted by Gasteiger charge is -2.32. The van der Waals surface area contributed by atoms with Crippen LogP contribution in [0.15, 0.2) is 77.7 Å². The summed E-state index contributed by atoms with van der Waals surface area (Å²) >= 11 is 12.7. The third-order valence-corrected chi connectivity index (χ3v) is 8.72. The quantitative estimate of drug-likeness (QED) is 0.311. The number of sulfonamides is 1. The summed E-state index contributed by atoms with van der Waals surface area (Å²) < 4.78 is 28.7. The van der Waals surface area contributed by atoms with Crippen molar-refractivity contribution >= 4 is 50.7 Å². The normalized spacial score (nSPS) is 12.2. The molecule has 0 aromatic heterocycles. The van der Waals surface area contributed by atoms with Crippen molar-refractivity contribution in [1.29, 1.82) is 0 Å². The highest BCUT2D eigenvalue weighted by atomic mass is 35.5. The van der Waals surface area contributed by atoms with E-state index in [1.54, 1.807) is 25.1 Å². The van der Waals surface area contributed by atoms with Crippen LogP contribution in [0.1, 0.15) is 31.9 Å². The van der Waals surface area contributed by atoms with Crippen molar-refractivity contribution in [2.45, 2.75) is 45.2 Å². The van der Waals surface area contributed by atoms with Crippen LogP contribution >= 0.6 is 23.2 Å². The van der Waals surface area contributed by atoms with E-state index in [4.69, 9.17) is 23.2 Å². The van der Waals surface area contributed by atoms with Crippen molar-refractivity contribution in [2.75, 3.05) is 17.4 Å². The van der Waals surface area contributed by atoms with Crippen LogP contribution < -0.4 is 9.62 Å². The topological polar surface area (TPSA) is 86.8 Å². The molecule has 0 aliphatic heterocycles. The maximum atomic E-state index is 13.9. The Morgan fingerprint density at radius 1 is 0.897 bits per heavy atom. The summed E-state index contributed by atoms with van der Waals surface area (Å²) in [6.45, 7) is 7.38. The van der Waals surface area contributed by atoms with E-state index in [1.807, 2.05) is 51.1 Å². The molecule has 0 aliphatic carbocycles. The third-order valence-electron chi connectivity index (χ3n) is 6.14. The van der Waals surface area contributed by atoms with Gasteiger partial charge in [-0.25, -0.2) is 8.42 Å². The van der Waals surface area contributed by atoms with Crippen molar-refractivity contribution in [3.05, 3.63) is 94.0 Å². The van der Waals surface area contributed by atoms with E-state index in [2.05, 4.69) is 5.32 Å². The number of hydrogen-bond acceptors (Lipinski definition) is 4. The Labute approximate surface area is 240 Å². The average Bonchev–Trinajstić information content (AvgIpc) is 2.91. The van der Waals surface area contributed by atoms with E-state index in [9.17, 15) is 18.0 Å². The Hall–Kier alpha value is -3.07. The summed E-state index contributed by atoms with van der Waals surface area (Å²) in [7, 11) is -4.24. The third kappa shape index (κ3) is 7.75. The Morgan fingerprint density at radius 2 is 1.54 bits per heavy atom. The molecule has 3 rings (SSSR count). The number of benzene rings is 3. The van der Waals surface area contributed by atoms with Gasteiger partial charge in [0.15, 0.2) is 0 Å². The largest absolute Gasteiger partial charge is 0.354 e. The predicted octanol–water partition coefficient (Wildman–Crippen LogP) is 5.69. The fourth-order valence-corrected chi connectivity index (χ4v) is 5.72. The number of nitrogens with zero attached hydrogens (tertiary/aromatic N) is 2. The number of hydrogen-bond donors (Lipinski definition) is 1. The number of halogens is 2. The Morgan fingerprint density at radius 3 is 2.15 bits per heavy atom. The lowest BCUT2D eigenvalue weighted by atomic mass is 10.1. The van der Waals surface area contributed by atoms with E-state index in [1.165, 1.54) is 29.2 Å². The van der Waals surface area contributed by atoms with Crippen molar-refractivity contribution < 1.29 is 18.0 Å². The van der Waals surface area contributed by atoms with Gasteiger partial charge in [-0.3, -0.25) is 13.9 Å². The van der Waals surface area contributed by atoms with Crippen LogP contribution in [0.5, 0.6) is 0 Å². The first kappa shape index (κ1) is 30.5. The van der Waals surface area contributed by atoms with Gasteiger partial charge in [-0.15, -0.1) is 0 Å². The van der Waals surface area contributed by atoms with Crippen molar-refractivity contribution in [1.82, 2.24) is 10.2 Å². The smallest absolute Gasteiger partial charge is 0.264 e. The molecule has 0 saturated carbocycles. The summed E-state index contributed by atoms with van der Waals surface area (Å²) in [6.07, 6.45) is 0. The first-order valence-corrected chi connectivity index (χ1v) is 14.8.